The second-order valence-corrected chi connectivity index (χ2v) is 21.0. The average Bonchev–Trinajstić information content (AvgIpc) is 3.79. The summed E-state index contributed by atoms with van der Waals surface area (Å²) in [4.78, 5) is 67.6. The third-order valence-corrected chi connectivity index (χ3v) is 14.6. The van der Waals surface area contributed by atoms with Crippen molar-refractivity contribution in [1.29, 1.82) is 0 Å². The number of hydrogen-bond donors (Lipinski definition) is 4. The zero-order valence-electron chi connectivity index (χ0n) is 37.2. The molecule has 9 atom stereocenters. The number of carbonyl (C=O) groups is 4. The highest BCUT2D eigenvalue weighted by Gasteiger charge is 2.62. The predicted octanol–water partition coefficient (Wildman–Crippen LogP) is 7.21. The quantitative estimate of drug-likeness (QED) is 0.120. The second-order valence-electron chi connectivity index (χ2n) is 19.8. The molecule has 3 aromatic rings. The lowest BCUT2D eigenvalue weighted by molar-refractivity contribution is -0.146. The lowest BCUT2D eigenvalue weighted by Crippen LogP contribution is -2.59. The van der Waals surface area contributed by atoms with Gasteiger partial charge in [-0.15, -0.1) is 11.3 Å². The molecule has 4 heterocycles. The van der Waals surface area contributed by atoms with E-state index in [0.29, 0.717) is 51.4 Å². The summed E-state index contributed by atoms with van der Waals surface area (Å²) in [6, 6.07) is 2.36. The van der Waals surface area contributed by atoms with Gasteiger partial charge in [-0.1, -0.05) is 45.7 Å². The minimum Gasteiger partial charge on any atom is -0.490 e. The number of carbonyl (C=O) groups excluding carboxylic acids is 3. The first-order valence-electron chi connectivity index (χ1n) is 22.2. The first-order chi connectivity index (χ1) is 30.1. The predicted molar refractivity (Wildman–Crippen MR) is 237 cm³/mol. The Labute approximate surface area is 380 Å². The Morgan fingerprint density at radius 3 is 2.39 bits per heavy atom. The van der Waals surface area contributed by atoms with Crippen LogP contribution in [0.25, 0.3) is 22.3 Å². The van der Waals surface area contributed by atoms with Crippen molar-refractivity contribution < 1.29 is 47.3 Å². The molecular formula is C45H58ClF2N7O8S. The zero-order chi connectivity index (χ0) is 46.0. The Morgan fingerprint density at radius 2 is 1.77 bits per heavy atom. The molecule has 5 fully saturated rings. The largest absolute Gasteiger partial charge is 0.490 e. The molecule has 1 aromatic carbocycles. The smallest absolute Gasteiger partial charge is 0.408 e. The van der Waals surface area contributed by atoms with Gasteiger partial charge in [0.1, 0.15) is 58.7 Å². The van der Waals surface area contributed by atoms with E-state index in [4.69, 9.17) is 35.8 Å². The van der Waals surface area contributed by atoms with Crippen LogP contribution in [0.2, 0.25) is 5.02 Å². The number of amides is 3. The molecule has 3 aliphatic carbocycles. The summed E-state index contributed by atoms with van der Waals surface area (Å²) in [5, 5.41) is 22.2. The van der Waals surface area contributed by atoms with Gasteiger partial charge in [-0.3, -0.25) is 14.5 Å². The van der Waals surface area contributed by atoms with Crippen molar-refractivity contribution in [3.05, 3.63) is 28.6 Å². The number of thiazole rings is 1. The van der Waals surface area contributed by atoms with Crippen molar-refractivity contribution in [2.75, 3.05) is 32.1 Å². The molecule has 5 aliphatic rings. The SMILES string of the molecule is CC[C@@H]1C[C@]1(NC(=O)[C@@H]1C[C@@H](Oc2cc(-c3csc(NC(C)C)n3)nc3c(Cl)c(OC[C@@H]4CC(F)(F)CN4C)ccc23)CN1C(=O)[C@@H](NC(=O)O[C@@H]1C[C@@H]2C[C@@H]2C1)C(C)(C)C)C(=O)O. The van der Waals surface area contributed by atoms with Crippen molar-refractivity contribution in [2.45, 2.75) is 134 Å². The fourth-order valence-electron chi connectivity index (χ4n) is 9.71. The maximum absolute atomic E-state index is 14.8. The van der Waals surface area contributed by atoms with E-state index in [2.05, 4.69) is 16.0 Å². The summed E-state index contributed by atoms with van der Waals surface area (Å²) in [5.74, 6) is -3.71. The van der Waals surface area contributed by atoms with Gasteiger partial charge in [-0.2, -0.15) is 0 Å². The number of likely N-dealkylation sites (N-methyl/N-ethyl adjacent to an activating group) is 1. The van der Waals surface area contributed by atoms with Crippen LogP contribution in [-0.2, 0) is 19.1 Å². The molecule has 64 heavy (non-hydrogen) atoms. The second kappa shape index (κ2) is 17.3. The normalized spacial score (nSPS) is 28.7. The van der Waals surface area contributed by atoms with Crippen LogP contribution in [0.3, 0.4) is 0 Å². The molecule has 0 unspecified atom stereocenters. The lowest BCUT2D eigenvalue weighted by atomic mass is 9.85. The number of likely N-dealkylation sites (tertiary alicyclic amines) is 2. The molecule has 19 heteroatoms. The summed E-state index contributed by atoms with van der Waals surface area (Å²) in [6.07, 6.45) is 1.46. The number of anilines is 1. The molecule has 4 N–H and O–H groups in total. The zero-order valence-corrected chi connectivity index (χ0v) is 38.8. The first-order valence-corrected chi connectivity index (χ1v) is 23.5. The van der Waals surface area contributed by atoms with Gasteiger partial charge in [-0.25, -0.2) is 28.3 Å². The molecule has 2 aromatic heterocycles. The molecule has 348 valence electrons. The third kappa shape index (κ3) is 9.55. The van der Waals surface area contributed by atoms with E-state index in [1.54, 1.807) is 30.1 Å². The molecule has 2 saturated heterocycles. The highest BCUT2D eigenvalue weighted by molar-refractivity contribution is 7.14. The first kappa shape index (κ1) is 46.0. The van der Waals surface area contributed by atoms with Gasteiger partial charge in [0, 0.05) is 41.8 Å². The van der Waals surface area contributed by atoms with E-state index in [-0.39, 0.29) is 67.8 Å². The van der Waals surface area contributed by atoms with Crippen LogP contribution < -0.4 is 25.4 Å². The molecule has 3 amide bonds. The van der Waals surface area contributed by atoms with Gasteiger partial charge in [0.2, 0.25) is 11.8 Å². The molecule has 2 aliphatic heterocycles. The molecule has 3 saturated carbocycles. The number of rotatable bonds is 15. The van der Waals surface area contributed by atoms with E-state index >= 15 is 0 Å². The van der Waals surface area contributed by atoms with Crippen molar-refractivity contribution in [1.82, 2.24) is 30.4 Å². The van der Waals surface area contributed by atoms with Crippen molar-refractivity contribution in [2.24, 2.45) is 23.2 Å². The number of fused-ring (bicyclic) bond motifs is 2. The fourth-order valence-corrected chi connectivity index (χ4v) is 10.8. The summed E-state index contributed by atoms with van der Waals surface area (Å²) >= 11 is 8.43. The van der Waals surface area contributed by atoms with Crippen LogP contribution >= 0.6 is 22.9 Å². The number of aromatic nitrogens is 2. The van der Waals surface area contributed by atoms with Crippen LogP contribution in [0.1, 0.15) is 86.5 Å². The van der Waals surface area contributed by atoms with Crippen molar-refractivity contribution in [3.8, 4) is 22.9 Å². The molecule has 0 bridgehead atoms. The number of carboxylic acids is 1. The van der Waals surface area contributed by atoms with Crippen LogP contribution in [0.15, 0.2) is 23.6 Å². The van der Waals surface area contributed by atoms with Gasteiger partial charge in [0.15, 0.2) is 5.13 Å². The van der Waals surface area contributed by atoms with Gasteiger partial charge in [0.05, 0.1) is 24.3 Å². The number of nitrogens with zero attached hydrogens (tertiary/aromatic N) is 4. The summed E-state index contributed by atoms with van der Waals surface area (Å²) < 4.78 is 47.0. The summed E-state index contributed by atoms with van der Waals surface area (Å²) in [7, 11) is 1.63. The Bertz CT molecular complexity index is 2300. The van der Waals surface area contributed by atoms with E-state index in [1.165, 1.54) is 16.2 Å². The number of aliphatic carboxylic acids is 1. The molecule has 0 radical (unpaired) electrons. The molecule has 0 spiro atoms. The van der Waals surface area contributed by atoms with E-state index in [9.17, 15) is 33.1 Å². The van der Waals surface area contributed by atoms with Gasteiger partial charge in [0.25, 0.3) is 5.92 Å². The average molecular weight is 931 g/mol. The number of alkyl carbamates (subject to hydrolysis) is 1. The summed E-state index contributed by atoms with van der Waals surface area (Å²) in [5.41, 5.74) is -1.06. The fraction of sp³-hybridized carbons (Fsp3) is 0.644. The standard InChI is InChI=1S/C45H58ClF2N7O8S/c1-8-25-16-45(25,40(58)59)53-38(56)32-14-28(18-55(32)39(57)37(43(4,5)6)52-42(60)63-27-12-23-11-24(23)13-27)62-34-15-30(31-20-64-41(51-31)49-22(2)3)50-36-29(34)9-10-33(35(36)46)61-19-26-17-44(47,48)21-54(26)7/h9-10,15,20,22-28,32,37H,8,11-14,16-19,21H2,1-7H3,(H,49,51)(H,52,60)(H,53,56)(H,58,59)/t23-,24+,25-,26+,27+,28-,32+,37-,45-/m1/s1. The van der Waals surface area contributed by atoms with Crippen molar-refractivity contribution >= 4 is 62.8 Å². The van der Waals surface area contributed by atoms with E-state index in [1.807, 2.05) is 46.9 Å². The van der Waals surface area contributed by atoms with E-state index in [0.717, 1.165) is 19.3 Å². The molecule has 15 nitrogen and oxygen atoms in total. The summed E-state index contributed by atoms with van der Waals surface area (Å²) in [6.45, 7) is 10.8. The van der Waals surface area contributed by atoms with Crippen molar-refractivity contribution in [3.63, 3.8) is 0 Å². The number of nitrogens with one attached hydrogen (secondary N) is 3. The third-order valence-electron chi connectivity index (χ3n) is 13.4. The Balaban J connectivity index is 1.10. The minimum atomic E-state index is -2.83. The van der Waals surface area contributed by atoms with Crippen LogP contribution in [0.5, 0.6) is 11.5 Å². The van der Waals surface area contributed by atoms with E-state index < -0.39 is 65.0 Å². The Hall–Kier alpha value is -4.55. The van der Waals surface area contributed by atoms with Crippen LogP contribution in [-0.4, -0.2) is 123 Å². The maximum atomic E-state index is 14.8. The number of benzene rings is 1. The topological polar surface area (TPSA) is 185 Å². The lowest BCUT2D eigenvalue weighted by Gasteiger charge is -2.35. The van der Waals surface area contributed by atoms with Gasteiger partial charge in [-0.05, 0) is 81.9 Å². The molecule has 8 rings (SSSR count). The monoisotopic (exact) mass is 929 g/mol. The van der Waals surface area contributed by atoms with Gasteiger partial charge >= 0.3 is 12.1 Å². The van der Waals surface area contributed by atoms with Crippen LogP contribution in [0.4, 0.5) is 18.7 Å². The Kier molecular flexibility index (Phi) is 12.5. The Morgan fingerprint density at radius 1 is 1.03 bits per heavy atom. The maximum Gasteiger partial charge on any atom is 0.408 e. The number of ether oxygens (including phenoxy) is 3. The minimum absolute atomic E-state index is 0.0109. The number of hydrogen-bond acceptors (Lipinski definition) is 12. The highest BCUT2D eigenvalue weighted by atomic mass is 35.5. The number of alkyl halides is 2. The molecular weight excluding hydrogens is 872 g/mol. The number of carboxylic acid groups (broad SMARTS) is 1. The van der Waals surface area contributed by atoms with Gasteiger partial charge < -0.3 is 40.2 Å². The number of pyridine rings is 1. The highest BCUT2D eigenvalue weighted by Crippen LogP contribution is 2.52. The van der Waals surface area contributed by atoms with Crippen LogP contribution in [0, 0.1) is 23.2 Å². The number of halogens is 3.